The van der Waals surface area contributed by atoms with Crippen LogP contribution in [0.15, 0.2) is 54.3 Å². The summed E-state index contributed by atoms with van der Waals surface area (Å²) in [5.41, 5.74) is 0.686. The summed E-state index contributed by atoms with van der Waals surface area (Å²) in [6.07, 6.45) is 4.88. The summed E-state index contributed by atoms with van der Waals surface area (Å²) >= 11 is 4.74. The van der Waals surface area contributed by atoms with Crippen LogP contribution in [0.1, 0.15) is 5.56 Å². The number of hydrogen-bond donors (Lipinski definition) is 2. The Morgan fingerprint density at radius 1 is 1.19 bits per heavy atom. The van der Waals surface area contributed by atoms with Crippen LogP contribution < -0.4 is 5.32 Å². The van der Waals surface area contributed by atoms with E-state index >= 15 is 0 Å². The summed E-state index contributed by atoms with van der Waals surface area (Å²) in [6.45, 7) is 0. The first-order valence-electron chi connectivity index (χ1n) is 6.27. The molecule has 1 aliphatic rings. The maximum Gasteiger partial charge on any atom is 0.294 e. The van der Waals surface area contributed by atoms with Crippen LogP contribution >= 0.6 is 12.2 Å². The molecule has 104 valence electrons. The van der Waals surface area contributed by atoms with Gasteiger partial charge in [0.15, 0.2) is 5.76 Å². The number of carbonyl (C=O) groups excluding carboxylic acids is 1. The molecular weight excluding hydrogens is 286 g/mol. The van der Waals surface area contributed by atoms with Crippen molar-refractivity contribution in [2.75, 3.05) is 0 Å². The third-order valence-electron chi connectivity index (χ3n) is 3.10. The molecule has 0 atom stereocenters. The Balaban J connectivity index is 1.97. The monoisotopic (exact) mass is 297 g/mol. The first-order chi connectivity index (χ1) is 10.1. The lowest BCUT2D eigenvalue weighted by atomic mass is 10.0. The average Bonchev–Trinajstić information content (AvgIpc) is 2.79. The Morgan fingerprint density at radius 2 is 2.00 bits per heavy atom. The van der Waals surface area contributed by atoms with E-state index in [1.807, 2.05) is 30.3 Å². The lowest BCUT2D eigenvalue weighted by molar-refractivity contribution is -0.116. The average molecular weight is 297 g/mol. The zero-order chi connectivity index (χ0) is 14.8. The van der Waals surface area contributed by atoms with E-state index in [0.29, 0.717) is 5.56 Å². The van der Waals surface area contributed by atoms with Crippen LogP contribution in [-0.4, -0.2) is 16.2 Å². The third-order valence-corrected chi connectivity index (χ3v) is 3.29. The molecule has 0 aliphatic carbocycles. The van der Waals surface area contributed by atoms with E-state index in [9.17, 15) is 9.90 Å². The zero-order valence-electron chi connectivity index (χ0n) is 10.9. The van der Waals surface area contributed by atoms with E-state index in [1.54, 1.807) is 18.2 Å². The zero-order valence-corrected chi connectivity index (χ0v) is 11.7. The lowest BCUT2D eigenvalue weighted by Gasteiger charge is -2.04. The number of carbonyl (C=O) groups is 1. The van der Waals surface area contributed by atoms with Crippen molar-refractivity contribution >= 4 is 40.1 Å². The molecule has 2 aromatic carbocycles. The second-order valence-electron chi connectivity index (χ2n) is 4.45. The number of amides is 1. The van der Waals surface area contributed by atoms with Crippen molar-refractivity contribution in [1.82, 2.24) is 5.32 Å². The van der Waals surface area contributed by atoms with E-state index in [-0.39, 0.29) is 22.6 Å². The van der Waals surface area contributed by atoms with E-state index in [4.69, 9.17) is 17.0 Å². The van der Waals surface area contributed by atoms with Crippen LogP contribution in [0, 0.1) is 0 Å². The summed E-state index contributed by atoms with van der Waals surface area (Å²) < 4.78 is 5.05. The molecule has 0 spiro atoms. The SMILES string of the molecule is O=C1NC(=S)OC1=CC=Cc1c(O)ccc2ccccc12. The van der Waals surface area contributed by atoms with Crippen molar-refractivity contribution in [1.29, 1.82) is 0 Å². The van der Waals surface area contributed by atoms with Crippen LogP contribution in [-0.2, 0) is 9.53 Å². The smallest absolute Gasteiger partial charge is 0.294 e. The normalized spacial score (nSPS) is 16.7. The fraction of sp³-hybridized carbons (Fsp3) is 0. The predicted molar refractivity (Wildman–Crippen MR) is 84.6 cm³/mol. The summed E-state index contributed by atoms with van der Waals surface area (Å²) in [5.74, 6) is -0.0570. The highest BCUT2D eigenvalue weighted by Crippen LogP contribution is 2.28. The van der Waals surface area contributed by atoms with Crippen LogP contribution in [0.2, 0.25) is 0 Å². The van der Waals surface area contributed by atoms with Gasteiger partial charge in [0.25, 0.3) is 11.1 Å². The Hall–Kier alpha value is -2.66. The molecule has 0 radical (unpaired) electrons. The highest BCUT2D eigenvalue weighted by Gasteiger charge is 2.22. The molecule has 4 nitrogen and oxygen atoms in total. The van der Waals surface area contributed by atoms with Crippen LogP contribution in [0.4, 0.5) is 0 Å². The second kappa shape index (κ2) is 5.38. The first kappa shape index (κ1) is 13.3. The van der Waals surface area contributed by atoms with Gasteiger partial charge in [-0.15, -0.1) is 0 Å². The number of phenolic OH excluding ortho intramolecular Hbond substituents is 1. The number of hydrogen-bond acceptors (Lipinski definition) is 4. The lowest BCUT2D eigenvalue weighted by Crippen LogP contribution is -2.18. The minimum atomic E-state index is -0.369. The quantitative estimate of drug-likeness (QED) is 0.661. The van der Waals surface area contributed by atoms with Crippen molar-refractivity contribution < 1.29 is 14.6 Å². The van der Waals surface area contributed by atoms with Crippen LogP contribution in [0.3, 0.4) is 0 Å². The van der Waals surface area contributed by atoms with Gasteiger partial charge in [-0.25, -0.2) is 0 Å². The summed E-state index contributed by atoms with van der Waals surface area (Å²) in [5, 5.41) is 14.4. The molecule has 2 N–H and O–H groups in total. The number of benzene rings is 2. The highest BCUT2D eigenvalue weighted by molar-refractivity contribution is 7.80. The molecule has 0 saturated carbocycles. The molecule has 1 amide bonds. The molecule has 21 heavy (non-hydrogen) atoms. The minimum absolute atomic E-state index is 0.0488. The van der Waals surface area contributed by atoms with Gasteiger partial charge in [0.05, 0.1) is 0 Å². The van der Waals surface area contributed by atoms with Crippen LogP contribution in [0.25, 0.3) is 16.8 Å². The van der Waals surface area contributed by atoms with E-state index in [2.05, 4.69) is 5.32 Å². The number of fused-ring (bicyclic) bond motifs is 1. The topological polar surface area (TPSA) is 58.6 Å². The van der Waals surface area contributed by atoms with Crippen molar-refractivity contribution in [2.45, 2.75) is 0 Å². The number of nitrogens with one attached hydrogen (secondary N) is 1. The van der Waals surface area contributed by atoms with Gasteiger partial charge in [-0.05, 0) is 35.1 Å². The number of phenols is 1. The molecule has 2 aromatic rings. The van der Waals surface area contributed by atoms with Gasteiger partial charge < -0.3 is 9.84 Å². The molecule has 0 bridgehead atoms. The predicted octanol–water partition coefficient (Wildman–Crippen LogP) is 2.87. The maximum absolute atomic E-state index is 11.4. The molecule has 0 aromatic heterocycles. The van der Waals surface area contributed by atoms with E-state index < -0.39 is 0 Å². The van der Waals surface area contributed by atoms with Gasteiger partial charge in [0.1, 0.15) is 5.75 Å². The van der Waals surface area contributed by atoms with Crippen molar-refractivity contribution in [3.05, 3.63) is 59.9 Å². The first-order valence-corrected chi connectivity index (χ1v) is 6.68. The molecule has 1 fully saturated rings. The standard InChI is InChI=1S/C16H11NO3S/c18-13-9-8-10-4-1-2-5-11(10)12(13)6-3-7-14-15(19)17-16(21)20-14/h1-9,18H,(H,17,19,21). The Labute approximate surface area is 126 Å². The van der Waals surface area contributed by atoms with Gasteiger partial charge >= 0.3 is 0 Å². The fourth-order valence-corrected chi connectivity index (χ4v) is 2.31. The third kappa shape index (κ3) is 2.64. The summed E-state index contributed by atoms with van der Waals surface area (Å²) in [4.78, 5) is 11.4. The van der Waals surface area contributed by atoms with Crippen LogP contribution in [0.5, 0.6) is 5.75 Å². The Kier molecular flexibility index (Phi) is 3.41. The van der Waals surface area contributed by atoms with Gasteiger partial charge in [0, 0.05) is 5.56 Å². The number of aromatic hydroxyl groups is 1. The summed E-state index contributed by atoms with van der Waals surface area (Å²) in [7, 11) is 0. The Morgan fingerprint density at radius 3 is 2.76 bits per heavy atom. The largest absolute Gasteiger partial charge is 0.507 e. The number of thiocarbonyl (C=S) groups is 1. The molecule has 3 rings (SSSR count). The molecule has 1 heterocycles. The summed E-state index contributed by atoms with van der Waals surface area (Å²) in [6, 6.07) is 11.2. The Bertz CT molecular complexity index is 808. The fourth-order valence-electron chi connectivity index (χ4n) is 2.13. The van der Waals surface area contributed by atoms with Crippen molar-refractivity contribution in [3.63, 3.8) is 0 Å². The molecule has 0 unspecified atom stereocenters. The van der Waals surface area contributed by atoms with Gasteiger partial charge in [-0.1, -0.05) is 42.5 Å². The van der Waals surface area contributed by atoms with Gasteiger partial charge in [-0.2, -0.15) is 0 Å². The van der Waals surface area contributed by atoms with Gasteiger partial charge in [0.2, 0.25) is 0 Å². The molecule has 1 aliphatic heterocycles. The highest BCUT2D eigenvalue weighted by atomic mass is 32.1. The van der Waals surface area contributed by atoms with Crippen molar-refractivity contribution in [3.8, 4) is 5.75 Å². The molecule has 1 saturated heterocycles. The number of rotatable bonds is 2. The van der Waals surface area contributed by atoms with Gasteiger partial charge in [-0.3, -0.25) is 10.1 Å². The van der Waals surface area contributed by atoms with E-state index in [0.717, 1.165) is 10.8 Å². The minimum Gasteiger partial charge on any atom is -0.507 e. The van der Waals surface area contributed by atoms with Crippen molar-refractivity contribution in [2.24, 2.45) is 0 Å². The van der Waals surface area contributed by atoms with E-state index in [1.165, 1.54) is 6.08 Å². The number of ether oxygens (including phenoxy) is 1. The maximum atomic E-state index is 11.4. The molecule has 5 heteroatoms. The molecular formula is C16H11NO3S. The number of allylic oxidation sites excluding steroid dienone is 2. The second-order valence-corrected chi connectivity index (χ2v) is 4.82.